The molecule has 32 heavy (non-hydrogen) atoms. The van der Waals surface area contributed by atoms with Crippen LogP contribution in [0.5, 0.6) is 0 Å². The molecule has 4 heterocycles. The molecule has 1 amide bonds. The van der Waals surface area contributed by atoms with E-state index < -0.39 is 0 Å². The lowest BCUT2D eigenvalue weighted by molar-refractivity contribution is 0.192. The predicted octanol–water partition coefficient (Wildman–Crippen LogP) is 3.54. The Hall–Kier alpha value is -3.98. The number of fused-ring (bicyclic) bond motifs is 1. The fourth-order valence-electron chi connectivity index (χ4n) is 4.07. The van der Waals surface area contributed by atoms with E-state index in [2.05, 4.69) is 47.1 Å². The predicted molar refractivity (Wildman–Crippen MR) is 121 cm³/mol. The van der Waals surface area contributed by atoms with E-state index >= 15 is 0 Å². The smallest absolute Gasteiger partial charge is 0.311 e. The van der Waals surface area contributed by atoms with Crippen LogP contribution < -0.4 is 10.9 Å². The number of hydrogen-bond donors (Lipinski definition) is 1. The molecule has 0 bridgehead atoms. The van der Waals surface area contributed by atoms with Crippen molar-refractivity contribution in [2.45, 2.75) is 26.4 Å². The van der Waals surface area contributed by atoms with Crippen molar-refractivity contribution in [1.82, 2.24) is 29.2 Å². The Morgan fingerprint density at radius 2 is 2.00 bits per heavy atom. The van der Waals surface area contributed by atoms with E-state index in [0.717, 1.165) is 16.8 Å². The van der Waals surface area contributed by atoms with Gasteiger partial charge in [-0.15, -0.1) is 0 Å². The van der Waals surface area contributed by atoms with E-state index in [4.69, 9.17) is 5.84 Å². The highest BCUT2D eigenvalue weighted by atomic mass is 16.2. The number of amides is 1. The SMILES string of the molecule is Cc1cccc([C@@H](C)N2Cc3cc(-c4ccnc(N(N)c5ccnn5C)n4)cn3C2=O)c1. The van der Waals surface area contributed by atoms with Crippen molar-refractivity contribution >= 4 is 17.8 Å². The molecule has 0 fully saturated rings. The van der Waals surface area contributed by atoms with Crippen molar-refractivity contribution < 1.29 is 4.79 Å². The monoisotopic (exact) mass is 428 g/mol. The maximum Gasteiger partial charge on any atom is 0.329 e. The molecular weight excluding hydrogens is 404 g/mol. The van der Waals surface area contributed by atoms with Gasteiger partial charge in [0.1, 0.15) is 5.82 Å². The lowest BCUT2D eigenvalue weighted by Gasteiger charge is -2.24. The largest absolute Gasteiger partial charge is 0.329 e. The Morgan fingerprint density at radius 1 is 1.16 bits per heavy atom. The second-order valence-electron chi connectivity index (χ2n) is 8.02. The maximum atomic E-state index is 13.1. The normalized spacial score (nSPS) is 14.0. The molecule has 4 aromatic rings. The van der Waals surface area contributed by atoms with Gasteiger partial charge in [-0.3, -0.25) is 9.25 Å². The van der Waals surface area contributed by atoms with Crippen LogP contribution >= 0.6 is 0 Å². The van der Waals surface area contributed by atoms with E-state index in [9.17, 15) is 4.79 Å². The Kier molecular flexibility index (Phi) is 4.75. The molecule has 0 radical (unpaired) electrons. The van der Waals surface area contributed by atoms with Crippen molar-refractivity contribution in [3.8, 4) is 11.3 Å². The van der Waals surface area contributed by atoms with Crippen LogP contribution in [0.1, 0.15) is 29.8 Å². The molecule has 5 rings (SSSR count). The molecule has 1 atom stereocenters. The highest BCUT2D eigenvalue weighted by molar-refractivity contribution is 5.83. The van der Waals surface area contributed by atoms with Crippen LogP contribution in [0.15, 0.2) is 61.1 Å². The van der Waals surface area contributed by atoms with E-state index in [1.165, 1.54) is 10.6 Å². The van der Waals surface area contributed by atoms with Crippen molar-refractivity contribution in [2.75, 3.05) is 5.01 Å². The molecule has 162 valence electrons. The molecule has 2 N–H and O–H groups in total. The topological polar surface area (TPSA) is 98.1 Å². The molecule has 1 aliphatic heterocycles. The van der Waals surface area contributed by atoms with Crippen LogP contribution in [-0.2, 0) is 13.6 Å². The van der Waals surface area contributed by atoms with Gasteiger partial charge in [-0.1, -0.05) is 29.8 Å². The highest BCUT2D eigenvalue weighted by Crippen LogP contribution is 2.32. The van der Waals surface area contributed by atoms with Crippen molar-refractivity contribution in [2.24, 2.45) is 12.9 Å². The van der Waals surface area contributed by atoms with Crippen LogP contribution in [0.3, 0.4) is 0 Å². The lowest BCUT2D eigenvalue weighted by atomic mass is 10.0. The molecule has 9 heteroatoms. The summed E-state index contributed by atoms with van der Waals surface area (Å²) >= 11 is 0. The van der Waals surface area contributed by atoms with Gasteiger partial charge in [0.2, 0.25) is 5.95 Å². The number of carbonyl (C=O) groups is 1. The molecule has 1 aliphatic rings. The molecule has 9 nitrogen and oxygen atoms in total. The van der Waals surface area contributed by atoms with Crippen LogP contribution in [0.2, 0.25) is 0 Å². The quantitative estimate of drug-likeness (QED) is 0.386. The Morgan fingerprint density at radius 3 is 2.72 bits per heavy atom. The van der Waals surface area contributed by atoms with Gasteiger partial charge >= 0.3 is 6.03 Å². The van der Waals surface area contributed by atoms with Gasteiger partial charge < -0.3 is 4.90 Å². The Bertz CT molecular complexity index is 1310. The van der Waals surface area contributed by atoms with Crippen molar-refractivity contribution in [3.05, 3.63) is 77.9 Å². The summed E-state index contributed by atoms with van der Waals surface area (Å²) in [5.74, 6) is 7.21. The molecular formula is C23H24N8O. The van der Waals surface area contributed by atoms with E-state index in [1.807, 2.05) is 29.3 Å². The van der Waals surface area contributed by atoms with Crippen LogP contribution in [0.4, 0.5) is 16.6 Å². The first-order valence-electron chi connectivity index (χ1n) is 10.4. The number of hydrazine groups is 1. The third-order valence-corrected chi connectivity index (χ3v) is 5.87. The average Bonchev–Trinajstić information content (AvgIpc) is 3.49. The number of rotatable bonds is 5. The third kappa shape index (κ3) is 3.32. The minimum Gasteiger partial charge on any atom is -0.311 e. The van der Waals surface area contributed by atoms with Crippen LogP contribution in [0.25, 0.3) is 11.3 Å². The second kappa shape index (κ2) is 7.61. The molecule has 0 aliphatic carbocycles. The lowest BCUT2D eigenvalue weighted by Crippen LogP contribution is -2.29. The average molecular weight is 429 g/mol. The van der Waals surface area contributed by atoms with Gasteiger partial charge in [-0.05, 0) is 31.5 Å². The molecule has 0 spiro atoms. The summed E-state index contributed by atoms with van der Waals surface area (Å²) in [5, 5.41) is 5.51. The summed E-state index contributed by atoms with van der Waals surface area (Å²) in [7, 11) is 1.80. The van der Waals surface area contributed by atoms with Gasteiger partial charge in [0.25, 0.3) is 0 Å². The van der Waals surface area contributed by atoms with Crippen LogP contribution in [-0.4, -0.2) is 35.2 Å². The van der Waals surface area contributed by atoms with Gasteiger partial charge in [0.15, 0.2) is 0 Å². The first-order chi connectivity index (χ1) is 15.4. The summed E-state index contributed by atoms with van der Waals surface area (Å²) in [6.45, 7) is 4.67. The van der Waals surface area contributed by atoms with Gasteiger partial charge in [0, 0.05) is 36.8 Å². The van der Waals surface area contributed by atoms with E-state index in [1.54, 1.807) is 34.8 Å². The number of hydrogen-bond acceptors (Lipinski definition) is 6. The maximum absolute atomic E-state index is 13.1. The fraction of sp³-hybridized carbons (Fsp3) is 0.217. The number of nitrogens with two attached hydrogens (primary N) is 1. The van der Waals surface area contributed by atoms with Crippen molar-refractivity contribution in [1.29, 1.82) is 0 Å². The number of aryl methyl sites for hydroxylation is 2. The number of carbonyl (C=O) groups excluding carboxylic acids is 1. The Labute approximate surface area is 185 Å². The summed E-state index contributed by atoms with van der Waals surface area (Å²) in [6.07, 6.45) is 5.15. The van der Waals surface area contributed by atoms with E-state index in [-0.39, 0.29) is 12.1 Å². The van der Waals surface area contributed by atoms with Crippen molar-refractivity contribution in [3.63, 3.8) is 0 Å². The first-order valence-corrected chi connectivity index (χ1v) is 10.4. The number of nitrogens with zero attached hydrogens (tertiary/aromatic N) is 7. The standard InChI is InChI=1S/C23H24N8O/c1-15-5-4-6-17(11-15)16(2)29-14-19-12-18(13-30(19)23(29)32)20-7-9-25-22(27-20)31(24)21-8-10-26-28(21)3/h4-13,16H,14,24H2,1-3H3/t16-/m1/s1. The van der Waals surface area contributed by atoms with Gasteiger partial charge in [-0.2, -0.15) is 5.10 Å². The molecule has 0 saturated carbocycles. The summed E-state index contributed by atoms with van der Waals surface area (Å²) < 4.78 is 3.34. The minimum absolute atomic E-state index is 0.0129. The third-order valence-electron chi connectivity index (χ3n) is 5.87. The highest BCUT2D eigenvalue weighted by Gasteiger charge is 2.32. The Balaban J connectivity index is 1.40. The number of anilines is 2. The summed E-state index contributed by atoms with van der Waals surface area (Å²) in [5.41, 5.74) is 4.78. The summed E-state index contributed by atoms with van der Waals surface area (Å²) in [6, 6.07) is 13.8. The fourth-order valence-corrected chi connectivity index (χ4v) is 4.07. The number of benzene rings is 1. The first kappa shape index (κ1) is 20.0. The molecule has 3 aromatic heterocycles. The van der Waals surface area contributed by atoms with Gasteiger partial charge in [0.05, 0.1) is 24.5 Å². The van der Waals surface area contributed by atoms with Gasteiger partial charge in [-0.25, -0.2) is 25.6 Å². The zero-order chi connectivity index (χ0) is 22.4. The van der Waals surface area contributed by atoms with Crippen LogP contribution in [0, 0.1) is 6.92 Å². The number of aromatic nitrogens is 5. The zero-order valence-corrected chi connectivity index (χ0v) is 18.2. The molecule has 0 saturated heterocycles. The summed E-state index contributed by atoms with van der Waals surface area (Å²) in [4.78, 5) is 23.9. The zero-order valence-electron chi connectivity index (χ0n) is 18.2. The van der Waals surface area contributed by atoms with E-state index in [0.29, 0.717) is 24.0 Å². The molecule has 0 unspecified atom stereocenters. The minimum atomic E-state index is -0.0372. The molecule has 1 aromatic carbocycles. The second-order valence-corrected chi connectivity index (χ2v) is 8.02.